The molecule has 0 radical (unpaired) electrons. The molecule has 0 spiro atoms. The average molecular weight is 457 g/mol. The summed E-state index contributed by atoms with van der Waals surface area (Å²) in [6.07, 6.45) is 1.48. The number of aryl methyl sites for hydroxylation is 2. The molecule has 0 unspecified atom stereocenters. The number of hydrazone groups is 1. The van der Waals surface area contributed by atoms with Crippen LogP contribution in [0.2, 0.25) is 0 Å². The first-order chi connectivity index (χ1) is 14.9. The quantitative estimate of drug-likeness (QED) is 0.138. The van der Waals surface area contributed by atoms with E-state index in [1.807, 2.05) is 19.9 Å². The predicted molar refractivity (Wildman–Crippen MR) is 120 cm³/mol. The Balaban J connectivity index is 1.55. The molecule has 10 heteroatoms. The Bertz CT molecular complexity index is 1080. The molecular weight excluding hydrogens is 436 g/mol. The SMILES string of the molecule is COc1cc(/C=N/NC(=O)CSc2nc(C)cc(C)n2)ccc1OC(=O)c1cccs1. The van der Waals surface area contributed by atoms with Crippen LogP contribution in [-0.2, 0) is 4.79 Å². The number of carbonyl (C=O) groups excluding carboxylic acids is 2. The first-order valence-electron chi connectivity index (χ1n) is 9.15. The van der Waals surface area contributed by atoms with Gasteiger partial charge in [0.05, 0.1) is 19.1 Å². The average Bonchev–Trinajstić information content (AvgIpc) is 3.27. The van der Waals surface area contributed by atoms with Crippen molar-refractivity contribution >= 4 is 41.2 Å². The fourth-order valence-electron chi connectivity index (χ4n) is 2.49. The van der Waals surface area contributed by atoms with Crippen molar-refractivity contribution in [3.8, 4) is 11.5 Å². The number of hydrogen-bond acceptors (Lipinski definition) is 9. The molecule has 0 saturated heterocycles. The smallest absolute Gasteiger partial charge is 0.353 e. The summed E-state index contributed by atoms with van der Waals surface area (Å²) in [5.74, 6) is 0.0839. The number of esters is 1. The van der Waals surface area contributed by atoms with Crippen molar-refractivity contribution in [1.29, 1.82) is 0 Å². The lowest BCUT2D eigenvalue weighted by Crippen LogP contribution is -2.19. The highest BCUT2D eigenvalue weighted by atomic mass is 32.2. The summed E-state index contributed by atoms with van der Waals surface area (Å²) in [6.45, 7) is 3.76. The van der Waals surface area contributed by atoms with E-state index in [0.29, 0.717) is 27.1 Å². The minimum Gasteiger partial charge on any atom is -0.493 e. The molecule has 0 aliphatic heterocycles. The molecule has 8 nitrogen and oxygen atoms in total. The Morgan fingerprint density at radius 2 is 1.94 bits per heavy atom. The molecule has 0 aliphatic carbocycles. The van der Waals surface area contributed by atoms with E-state index in [2.05, 4.69) is 20.5 Å². The van der Waals surface area contributed by atoms with Gasteiger partial charge in [0.25, 0.3) is 5.91 Å². The highest BCUT2D eigenvalue weighted by molar-refractivity contribution is 7.99. The van der Waals surface area contributed by atoms with E-state index in [4.69, 9.17) is 9.47 Å². The zero-order chi connectivity index (χ0) is 22.2. The Labute approximate surface area is 187 Å². The number of carbonyl (C=O) groups is 2. The van der Waals surface area contributed by atoms with Crippen LogP contribution in [0.25, 0.3) is 0 Å². The monoisotopic (exact) mass is 456 g/mol. The Morgan fingerprint density at radius 1 is 1.16 bits per heavy atom. The largest absolute Gasteiger partial charge is 0.493 e. The van der Waals surface area contributed by atoms with Crippen molar-refractivity contribution in [2.45, 2.75) is 19.0 Å². The number of methoxy groups -OCH3 is 1. The van der Waals surface area contributed by atoms with E-state index < -0.39 is 5.97 Å². The van der Waals surface area contributed by atoms with Gasteiger partial charge in [-0.25, -0.2) is 20.2 Å². The zero-order valence-corrected chi connectivity index (χ0v) is 18.8. The fraction of sp³-hybridized carbons (Fsp3) is 0.190. The van der Waals surface area contributed by atoms with Crippen LogP contribution in [0, 0.1) is 13.8 Å². The highest BCUT2D eigenvalue weighted by Gasteiger charge is 2.13. The van der Waals surface area contributed by atoms with Gasteiger partial charge in [-0.1, -0.05) is 17.8 Å². The zero-order valence-electron chi connectivity index (χ0n) is 17.1. The molecule has 0 saturated carbocycles. The van der Waals surface area contributed by atoms with Gasteiger partial charge in [-0.3, -0.25) is 4.79 Å². The van der Waals surface area contributed by atoms with Gasteiger partial charge in [-0.2, -0.15) is 5.10 Å². The van der Waals surface area contributed by atoms with E-state index in [0.717, 1.165) is 11.4 Å². The topological polar surface area (TPSA) is 103 Å². The van der Waals surface area contributed by atoms with Gasteiger partial charge in [0.1, 0.15) is 4.88 Å². The standard InChI is InChI=1S/C21H20N4O4S2/c1-13-9-14(2)24-21(23-13)31-12-19(26)25-22-11-15-6-7-16(17(10-15)28-3)29-20(27)18-5-4-8-30-18/h4-11H,12H2,1-3H3,(H,25,26)/b22-11+. The second-order valence-corrected chi connectivity index (χ2v) is 8.18. The lowest BCUT2D eigenvalue weighted by Gasteiger charge is -2.09. The molecule has 1 amide bonds. The van der Waals surface area contributed by atoms with Crippen LogP contribution in [0.4, 0.5) is 0 Å². The third-order valence-corrected chi connectivity index (χ3v) is 5.51. The normalized spacial score (nSPS) is 10.8. The number of aromatic nitrogens is 2. The minimum atomic E-state index is -0.452. The molecule has 31 heavy (non-hydrogen) atoms. The van der Waals surface area contributed by atoms with Crippen molar-refractivity contribution in [3.63, 3.8) is 0 Å². The Morgan fingerprint density at radius 3 is 2.61 bits per heavy atom. The van der Waals surface area contributed by atoms with Crippen molar-refractivity contribution < 1.29 is 19.1 Å². The van der Waals surface area contributed by atoms with Gasteiger partial charge in [0.2, 0.25) is 0 Å². The molecule has 160 valence electrons. The van der Waals surface area contributed by atoms with Gasteiger partial charge in [0.15, 0.2) is 16.7 Å². The third kappa shape index (κ3) is 6.63. The number of amides is 1. The Kier molecular flexibility index (Phi) is 7.74. The first kappa shape index (κ1) is 22.4. The first-order valence-corrected chi connectivity index (χ1v) is 11.0. The lowest BCUT2D eigenvalue weighted by atomic mass is 10.2. The molecule has 0 bridgehead atoms. The third-order valence-electron chi connectivity index (χ3n) is 3.81. The van der Waals surface area contributed by atoms with E-state index in [1.165, 1.54) is 36.4 Å². The second-order valence-electron chi connectivity index (χ2n) is 6.29. The maximum atomic E-state index is 12.1. The van der Waals surface area contributed by atoms with Gasteiger partial charge in [0, 0.05) is 11.4 Å². The summed E-state index contributed by atoms with van der Waals surface area (Å²) in [5.41, 5.74) is 4.84. The van der Waals surface area contributed by atoms with Crippen LogP contribution in [0.3, 0.4) is 0 Å². The van der Waals surface area contributed by atoms with Gasteiger partial charge < -0.3 is 9.47 Å². The number of nitrogens with zero attached hydrogens (tertiary/aromatic N) is 3. The van der Waals surface area contributed by atoms with Crippen LogP contribution < -0.4 is 14.9 Å². The maximum Gasteiger partial charge on any atom is 0.353 e. The van der Waals surface area contributed by atoms with Crippen LogP contribution in [0.5, 0.6) is 11.5 Å². The summed E-state index contributed by atoms with van der Waals surface area (Å²) in [5, 5.41) is 6.31. The second kappa shape index (κ2) is 10.7. The molecular formula is C21H20N4O4S2. The summed E-state index contributed by atoms with van der Waals surface area (Å²) < 4.78 is 10.7. The van der Waals surface area contributed by atoms with Crippen LogP contribution in [0.1, 0.15) is 26.6 Å². The van der Waals surface area contributed by atoms with Crippen LogP contribution in [0.15, 0.2) is 52.0 Å². The lowest BCUT2D eigenvalue weighted by molar-refractivity contribution is -0.118. The van der Waals surface area contributed by atoms with E-state index >= 15 is 0 Å². The number of hydrogen-bond donors (Lipinski definition) is 1. The molecule has 0 fully saturated rings. The molecule has 0 aliphatic rings. The van der Waals surface area contributed by atoms with Crippen molar-refractivity contribution in [2.75, 3.05) is 12.9 Å². The molecule has 0 atom stereocenters. The maximum absolute atomic E-state index is 12.1. The molecule has 1 N–H and O–H groups in total. The van der Waals surface area contributed by atoms with Gasteiger partial charge in [-0.05, 0) is 55.1 Å². The highest BCUT2D eigenvalue weighted by Crippen LogP contribution is 2.28. The summed E-state index contributed by atoms with van der Waals surface area (Å²) in [6, 6.07) is 10.3. The van der Waals surface area contributed by atoms with Crippen LogP contribution in [-0.4, -0.2) is 40.9 Å². The summed E-state index contributed by atoms with van der Waals surface area (Å²) in [4.78, 5) is 33.2. The minimum absolute atomic E-state index is 0.140. The molecule has 1 aromatic carbocycles. The van der Waals surface area contributed by atoms with Crippen LogP contribution >= 0.6 is 23.1 Å². The van der Waals surface area contributed by atoms with Gasteiger partial charge in [-0.15, -0.1) is 11.3 Å². The summed E-state index contributed by atoms with van der Waals surface area (Å²) >= 11 is 2.54. The fourth-order valence-corrected chi connectivity index (χ4v) is 3.83. The molecule has 2 aromatic heterocycles. The number of thioether (sulfide) groups is 1. The molecule has 3 aromatic rings. The number of benzene rings is 1. The van der Waals surface area contributed by atoms with Crippen molar-refractivity contribution in [2.24, 2.45) is 5.10 Å². The molecule has 3 rings (SSSR count). The van der Waals surface area contributed by atoms with E-state index in [-0.39, 0.29) is 11.7 Å². The van der Waals surface area contributed by atoms with E-state index in [1.54, 1.807) is 35.7 Å². The van der Waals surface area contributed by atoms with Crippen molar-refractivity contribution in [3.05, 3.63) is 63.6 Å². The number of thiophene rings is 1. The number of rotatable bonds is 8. The van der Waals surface area contributed by atoms with Crippen molar-refractivity contribution in [1.82, 2.24) is 15.4 Å². The predicted octanol–water partition coefficient (Wildman–Crippen LogP) is 3.63. The van der Waals surface area contributed by atoms with Gasteiger partial charge >= 0.3 is 5.97 Å². The number of ether oxygens (including phenoxy) is 2. The van der Waals surface area contributed by atoms with E-state index in [9.17, 15) is 9.59 Å². The number of nitrogens with one attached hydrogen (secondary N) is 1. The Hall–Kier alpha value is -3.24. The molecule has 2 heterocycles. The summed E-state index contributed by atoms with van der Waals surface area (Å²) in [7, 11) is 1.48.